The highest BCUT2D eigenvalue weighted by Crippen LogP contribution is 2.43. The van der Waals surface area contributed by atoms with Crippen molar-refractivity contribution >= 4 is 11.6 Å². The average molecular weight is 283 g/mol. The molecule has 3 rings (SSSR count). The molecule has 21 heavy (non-hydrogen) atoms. The van der Waals surface area contributed by atoms with Gasteiger partial charge >= 0.3 is 0 Å². The highest BCUT2D eigenvalue weighted by atomic mass is 16.5. The van der Waals surface area contributed by atoms with E-state index in [0.717, 1.165) is 0 Å². The first-order chi connectivity index (χ1) is 10.0. The number of anilines is 1. The number of ether oxygens (including phenoxy) is 1. The Bertz CT molecular complexity index is 696. The predicted molar refractivity (Wildman–Crippen MR) is 80.3 cm³/mol. The van der Waals surface area contributed by atoms with E-state index >= 15 is 0 Å². The summed E-state index contributed by atoms with van der Waals surface area (Å²) in [5, 5.41) is 13.8. The van der Waals surface area contributed by atoms with E-state index in [1.54, 1.807) is 36.4 Å². The number of rotatable bonds is 3. The second-order valence-electron chi connectivity index (χ2n) is 5.37. The molecule has 0 radical (unpaired) electrons. The van der Waals surface area contributed by atoms with Crippen LogP contribution in [0.3, 0.4) is 0 Å². The van der Waals surface area contributed by atoms with Gasteiger partial charge in [-0.05, 0) is 26.0 Å². The molecule has 0 saturated heterocycles. The number of carbonyl (C=O) groups excluding carboxylic acids is 1. The van der Waals surface area contributed by atoms with E-state index in [1.165, 1.54) is 0 Å². The zero-order chi connectivity index (χ0) is 15.0. The second-order valence-corrected chi connectivity index (χ2v) is 5.37. The van der Waals surface area contributed by atoms with Crippen LogP contribution in [0, 0.1) is 0 Å². The maximum absolute atomic E-state index is 12.4. The SMILES string of the molecule is CC(C)Oc1ccccc1C1(O)C(=O)Nc2ccccc21. The minimum Gasteiger partial charge on any atom is -0.491 e. The molecule has 2 aromatic rings. The lowest BCUT2D eigenvalue weighted by Gasteiger charge is -2.25. The Kier molecular flexibility index (Phi) is 3.18. The lowest BCUT2D eigenvalue weighted by molar-refractivity contribution is -0.129. The molecule has 0 aromatic heterocycles. The first kappa shape index (κ1) is 13.6. The smallest absolute Gasteiger partial charge is 0.266 e. The number of hydrogen-bond donors (Lipinski definition) is 2. The van der Waals surface area contributed by atoms with Crippen molar-refractivity contribution in [2.45, 2.75) is 25.6 Å². The van der Waals surface area contributed by atoms with Gasteiger partial charge in [0.15, 0.2) is 5.60 Å². The Morgan fingerprint density at radius 3 is 2.38 bits per heavy atom. The van der Waals surface area contributed by atoms with Crippen LogP contribution in [0.2, 0.25) is 0 Å². The molecule has 1 aliphatic rings. The molecular weight excluding hydrogens is 266 g/mol. The Labute approximate surface area is 123 Å². The number of carbonyl (C=O) groups is 1. The number of aliphatic hydroxyl groups is 1. The lowest BCUT2D eigenvalue weighted by Crippen LogP contribution is -2.36. The van der Waals surface area contributed by atoms with E-state index in [4.69, 9.17) is 4.74 Å². The van der Waals surface area contributed by atoms with Crippen molar-refractivity contribution < 1.29 is 14.6 Å². The van der Waals surface area contributed by atoms with Crippen LogP contribution in [0.4, 0.5) is 5.69 Å². The lowest BCUT2D eigenvalue weighted by atomic mass is 9.87. The molecule has 1 heterocycles. The van der Waals surface area contributed by atoms with Gasteiger partial charge in [0.2, 0.25) is 0 Å². The molecule has 2 aromatic carbocycles. The van der Waals surface area contributed by atoms with Crippen molar-refractivity contribution in [3.63, 3.8) is 0 Å². The first-order valence-corrected chi connectivity index (χ1v) is 6.93. The number of benzene rings is 2. The molecule has 1 atom stereocenters. The molecule has 0 aliphatic carbocycles. The minimum absolute atomic E-state index is 0.0468. The van der Waals surface area contributed by atoms with Crippen LogP contribution in [0.25, 0.3) is 0 Å². The van der Waals surface area contributed by atoms with Crippen molar-refractivity contribution in [1.29, 1.82) is 0 Å². The largest absolute Gasteiger partial charge is 0.491 e. The number of nitrogens with one attached hydrogen (secondary N) is 1. The Morgan fingerprint density at radius 2 is 1.67 bits per heavy atom. The number of amides is 1. The van der Waals surface area contributed by atoms with E-state index < -0.39 is 11.5 Å². The highest BCUT2D eigenvalue weighted by Gasteiger charge is 2.48. The van der Waals surface area contributed by atoms with Crippen LogP contribution >= 0.6 is 0 Å². The van der Waals surface area contributed by atoms with Gasteiger partial charge < -0.3 is 15.2 Å². The molecule has 1 unspecified atom stereocenters. The Hall–Kier alpha value is -2.33. The topological polar surface area (TPSA) is 58.6 Å². The van der Waals surface area contributed by atoms with Crippen molar-refractivity contribution in [1.82, 2.24) is 0 Å². The molecule has 108 valence electrons. The van der Waals surface area contributed by atoms with E-state index in [0.29, 0.717) is 22.6 Å². The van der Waals surface area contributed by atoms with E-state index in [-0.39, 0.29) is 6.10 Å². The van der Waals surface area contributed by atoms with Gasteiger partial charge in [-0.25, -0.2) is 0 Å². The quantitative estimate of drug-likeness (QED) is 0.910. The van der Waals surface area contributed by atoms with Gasteiger partial charge in [0.05, 0.1) is 6.10 Å². The summed E-state index contributed by atoms with van der Waals surface area (Å²) in [5.74, 6) is 0.0605. The second kappa shape index (κ2) is 4.90. The van der Waals surface area contributed by atoms with Crippen LogP contribution < -0.4 is 10.1 Å². The maximum Gasteiger partial charge on any atom is 0.266 e. The van der Waals surface area contributed by atoms with Crippen molar-refractivity contribution in [3.05, 3.63) is 59.7 Å². The first-order valence-electron chi connectivity index (χ1n) is 6.93. The van der Waals surface area contributed by atoms with Gasteiger partial charge in [-0.3, -0.25) is 4.79 Å². The van der Waals surface area contributed by atoms with Gasteiger partial charge in [0, 0.05) is 16.8 Å². The normalized spacial score (nSPS) is 20.3. The van der Waals surface area contributed by atoms with Gasteiger partial charge in [-0.2, -0.15) is 0 Å². The zero-order valence-corrected chi connectivity index (χ0v) is 12.0. The van der Waals surface area contributed by atoms with E-state index in [9.17, 15) is 9.90 Å². The summed E-state index contributed by atoms with van der Waals surface area (Å²) in [6, 6.07) is 14.2. The average Bonchev–Trinajstić information content (AvgIpc) is 2.72. The number of para-hydroxylation sites is 2. The summed E-state index contributed by atoms with van der Waals surface area (Å²) < 4.78 is 5.75. The monoisotopic (exact) mass is 283 g/mol. The molecule has 4 nitrogen and oxygen atoms in total. The summed E-state index contributed by atoms with van der Waals surface area (Å²) in [5.41, 5.74) is -0.0810. The molecule has 0 bridgehead atoms. The van der Waals surface area contributed by atoms with Crippen LogP contribution in [-0.2, 0) is 10.4 Å². The minimum atomic E-state index is -1.72. The summed E-state index contributed by atoms with van der Waals surface area (Å²) >= 11 is 0. The van der Waals surface area contributed by atoms with Gasteiger partial charge in [0.25, 0.3) is 5.91 Å². The van der Waals surface area contributed by atoms with E-state index in [1.807, 2.05) is 26.0 Å². The molecular formula is C17H17NO3. The molecule has 0 saturated carbocycles. The standard InChI is InChI=1S/C17H17NO3/c1-11(2)21-15-10-6-4-8-13(15)17(20)12-7-3-5-9-14(12)18-16(17)19/h3-11,20H,1-2H3,(H,18,19). The summed E-state index contributed by atoms with van der Waals surface area (Å²) in [6.07, 6.45) is -0.0468. The molecule has 2 N–H and O–H groups in total. The fourth-order valence-electron chi connectivity index (χ4n) is 2.63. The molecule has 1 amide bonds. The summed E-state index contributed by atoms with van der Waals surface area (Å²) in [6.45, 7) is 3.81. The van der Waals surface area contributed by atoms with Crippen molar-refractivity contribution in [2.24, 2.45) is 0 Å². The maximum atomic E-state index is 12.4. The number of fused-ring (bicyclic) bond motifs is 1. The fraction of sp³-hybridized carbons (Fsp3) is 0.235. The third-order valence-electron chi connectivity index (χ3n) is 3.53. The third-order valence-corrected chi connectivity index (χ3v) is 3.53. The predicted octanol–water partition coefficient (Wildman–Crippen LogP) is 2.66. The Morgan fingerprint density at radius 1 is 1.05 bits per heavy atom. The molecule has 1 aliphatic heterocycles. The van der Waals surface area contributed by atoms with Crippen LogP contribution in [0.1, 0.15) is 25.0 Å². The number of hydrogen-bond acceptors (Lipinski definition) is 3. The van der Waals surface area contributed by atoms with Gasteiger partial charge in [-0.15, -0.1) is 0 Å². The van der Waals surface area contributed by atoms with Gasteiger partial charge in [-0.1, -0.05) is 36.4 Å². The Balaban J connectivity index is 2.18. The molecule has 0 spiro atoms. The van der Waals surface area contributed by atoms with Crippen LogP contribution in [0.15, 0.2) is 48.5 Å². The van der Waals surface area contributed by atoms with E-state index in [2.05, 4.69) is 5.32 Å². The van der Waals surface area contributed by atoms with Crippen molar-refractivity contribution in [3.8, 4) is 5.75 Å². The van der Waals surface area contributed by atoms with Crippen LogP contribution in [0.5, 0.6) is 5.75 Å². The third kappa shape index (κ3) is 2.08. The molecule has 4 heteroatoms. The van der Waals surface area contributed by atoms with Gasteiger partial charge in [0.1, 0.15) is 5.75 Å². The zero-order valence-electron chi connectivity index (χ0n) is 12.0. The molecule has 0 fully saturated rings. The highest BCUT2D eigenvalue weighted by molar-refractivity contribution is 6.07. The van der Waals surface area contributed by atoms with Crippen molar-refractivity contribution in [2.75, 3.05) is 5.32 Å². The fourth-order valence-corrected chi connectivity index (χ4v) is 2.63. The van der Waals surface area contributed by atoms with Crippen LogP contribution in [-0.4, -0.2) is 17.1 Å². The summed E-state index contributed by atoms with van der Waals surface area (Å²) in [4.78, 5) is 12.4. The summed E-state index contributed by atoms with van der Waals surface area (Å²) in [7, 11) is 0.